The summed E-state index contributed by atoms with van der Waals surface area (Å²) in [6.45, 7) is -0.479. The molecule has 18 heavy (non-hydrogen) atoms. The van der Waals surface area contributed by atoms with Crippen LogP contribution in [-0.2, 0) is 12.7 Å². The number of hydrogen-bond donors (Lipinski definition) is 0. The van der Waals surface area contributed by atoms with Crippen molar-refractivity contribution in [2.24, 2.45) is 5.41 Å². The molecule has 0 aliphatic heterocycles. The summed E-state index contributed by atoms with van der Waals surface area (Å²) in [6.07, 6.45) is -8.00. The van der Waals surface area contributed by atoms with E-state index in [1.54, 1.807) is 0 Å². The van der Waals surface area contributed by atoms with Crippen molar-refractivity contribution < 1.29 is 26.3 Å². The van der Waals surface area contributed by atoms with Crippen molar-refractivity contribution in [2.75, 3.05) is 0 Å². The van der Waals surface area contributed by atoms with E-state index in [-0.39, 0.29) is 17.4 Å². The molecule has 1 aromatic rings. The van der Waals surface area contributed by atoms with E-state index in [0.717, 1.165) is 16.8 Å². The summed E-state index contributed by atoms with van der Waals surface area (Å²) in [5.74, 6) is 0. The van der Waals surface area contributed by atoms with Crippen molar-refractivity contribution in [1.29, 1.82) is 0 Å². The normalized spacial score (nSPS) is 19.1. The van der Waals surface area contributed by atoms with Crippen LogP contribution in [0.1, 0.15) is 18.4 Å². The molecule has 0 bridgehead atoms. The molecule has 0 spiro atoms. The second kappa shape index (κ2) is 3.91. The van der Waals surface area contributed by atoms with Gasteiger partial charge in [-0.3, -0.25) is 0 Å². The van der Waals surface area contributed by atoms with Crippen molar-refractivity contribution in [3.05, 3.63) is 22.4 Å². The fourth-order valence-electron chi connectivity index (χ4n) is 1.80. The summed E-state index contributed by atoms with van der Waals surface area (Å²) in [6, 6.07) is 0.774. The maximum absolute atomic E-state index is 12.7. The summed E-state index contributed by atoms with van der Waals surface area (Å²) in [7, 11) is 0. The van der Waals surface area contributed by atoms with Crippen molar-refractivity contribution in [2.45, 2.75) is 31.7 Å². The summed E-state index contributed by atoms with van der Waals surface area (Å²) in [5, 5.41) is 0. The number of halogens is 7. The van der Waals surface area contributed by atoms with Gasteiger partial charge in [0, 0.05) is 12.7 Å². The van der Waals surface area contributed by atoms with Crippen LogP contribution in [0.3, 0.4) is 0 Å². The Labute approximate surface area is 107 Å². The first-order valence-corrected chi connectivity index (χ1v) is 5.85. The van der Waals surface area contributed by atoms with Gasteiger partial charge in [-0.1, -0.05) is 0 Å². The van der Waals surface area contributed by atoms with E-state index in [2.05, 4.69) is 15.9 Å². The molecule has 1 heterocycles. The lowest BCUT2D eigenvalue weighted by atomic mass is 10.1. The molecule has 0 unspecified atom stereocenters. The fourth-order valence-corrected chi connectivity index (χ4v) is 2.40. The van der Waals surface area contributed by atoms with Crippen LogP contribution in [0.5, 0.6) is 0 Å². The Morgan fingerprint density at radius 2 is 1.72 bits per heavy atom. The zero-order valence-electron chi connectivity index (χ0n) is 8.87. The summed E-state index contributed by atoms with van der Waals surface area (Å²) in [5.41, 5.74) is -2.82. The molecule has 102 valence electrons. The van der Waals surface area contributed by atoms with E-state index in [0.29, 0.717) is 0 Å². The third kappa shape index (κ3) is 2.26. The minimum atomic E-state index is -4.57. The van der Waals surface area contributed by atoms with Crippen molar-refractivity contribution >= 4 is 15.9 Å². The van der Waals surface area contributed by atoms with E-state index in [4.69, 9.17) is 0 Å². The molecule has 0 saturated heterocycles. The van der Waals surface area contributed by atoms with Crippen LogP contribution in [0.15, 0.2) is 16.9 Å². The first kappa shape index (κ1) is 13.8. The molecule has 1 saturated carbocycles. The largest absolute Gasteiger partial charge is 0.418 e. The van der Waals surface area contributed by atoms with Gasteiger partial charge in [0.15, 0.2) is 0 Å². The Bertz CT molecular complexity index is 454. The van der Waals surface area contributed by atoms with Gasteiger partial charge >= 0.3 is 12.4 Å². The lowest BCUT2D eigenvalue weighted by Crippen LogP contribution is -2.29. The molecule has 1 aromatic heterocycles. The highest BCUT2D eigenvalue weighted by Crippen LogP contribution is 2.59. The number of rotatable bonds is 2. The monoisotopic (exact) mass is 335 g/mol. The minimum Gasteiger partial charge on any atom is -0.341 e. The molecule has 1 aliphatic rings. The second-order valence-corrected chi connectivity index (χ2v) is 5.18. The van der Waals surface area contributed by atoms with Crippen molar-refractivity contribution in [1.82, 2.24) is 4.57 Å². The van der Waals surface area contributed by atoms with E-state index in [9.17, 15) is 26.3 Å². The zero-order valence-corrected chi connectivity index (χ0v) is 10.5. The van der Waals surface area contributed by atoms with Crippen LogP contribution < -0.4 is 0 Å². The number of aromatic nitrogens is 1. The van der Waals surface area contributed by atoms with Gasteiger partial charge in [-0.15, -0.1) is 0 Å². The molecular formula is C10H8BrF6N. The van der Waals surface area contributed by atoms with Gasteiger partial charge in [0.2, 0.25) is 0 Å². The third-order valence-corrected chi connectivity index (χ3v) is 4.01. The van der Waals surface area contributed by atoms with E-state index >= 15 is 0 Å². The summed E-state index contributed by atoms with van der Waals surface area (Å²) < 4.78 is 76.2. The maximum Gasteiger partial charge on any atom is 0.418 e. The Morgan fingerprint density at radius 3 is 2.06 bits per heavy atom. The van der Waals surface area contributed by atoms with Crippen LogP contribution in [0.25, 0.3) is 0 Å². The van der Waals surface area contributed by atoms with Gasteiger partial charge in [-0.2, -0.15) is 26.3 Å². The molecule has 1 fully saturated rings. The Balaban J connectivity index is 2.25. The summed E-state index contributed by atoms with van der Waals surface area (Å²) in [4.78, 5) is 0. The Hall–Kier alpha value is -0.660. The zero-order chi connectivity index (χ0) is 13.8. The molecule has 0 atom stereocenters. The molecule has 0 amide bonds. The molecule has 8 heteroatoms. The summed E-state index contributed by atoms with van der Waals surface area (Å²) >= 11 is 2.71. The molecule has 0 radical (unpaired) electrons. The van der Waals surface area contributed by atoms with E-state index < -0.39 is 29.9 Å². The third-order valence-electron chi connectivity index (χ3n) is 3.13. The number of alkyl halides is 6. The van der Waals surface area contributed by atoms with Crippen LogP contribution in [0.4, 0.5) is 26.3 Å². The topological polar surface area (TPSA) is 4.93 Å². The van der Waals surface area contributed by atoms with Crippen LogP contribution in [0.2, 0.25) is 0 Å². The van der Waals surface area contributed by atoms with Gasteiger partial charge in [0.25, 0.3) is 0 Å². The molecule has 1 aliphatic carbocycles. The smallest absolute Gasteiger partial charge is 0.341 e. The van der Waals surface area contributed by atoms with Crippen LogP contribution in [-0.4, -0.2) is 10.7 Å². The number of nitrogens with zero attached hydrogens (tertiary/aromatic N) is 1. The van der Waals surface area contributed by atoms with Gasteiger partial charge in [0.05, 0.1) is 15.6 Å². The van der Waals surface area contributed by atoms with E-state index in [1.807, 2.05) is 0 Å². The van der Waals surface area contributed by atoms with Gasteiger partial charge in [0.1, 0.15) is 0 Å². The van der Waals surface area contributed by atoms with E-state index in [1.165, 1.54) is 0 Å². The second-order valence-electron chi connectivity index (χ2n) is 4.42. The predicted octanol–water partition coefficient (Wildman–Crippen LogP) is 4.61. The minimum absolute atomic E-state index is 0.0392. The highest BCUT2D eigenvalue weighted by molar-refractivity contribution is 9.10. The SMILES string of the molecule is FC(F)(F)c1ccn(CC2(C(F)(F)F)CC2)c1Br. The predicted molar refractivity (Wildman–Crippen MR) is 54.9 cm³/mol. The van der Waals surface area contributed by atoms with Gasteiger partial charge in [-0.25, -0.2) is 0 Å². The highest BCUT2D eigenvalue weighted by Gasteiger charge is 2.63. The molecular weight excluding hydrogens is 328 g/mol. The lowest BCUT2D eigenvalue weighted by Gasteiger charge is -2.20. The first-order valence-electron chi connectivity index (χ1n) is 5.05. The average Bonchev–Trinajstić information content (AvgIpc) is 2.85. The van der Waals surface area contributed by atoms with Crippen molar-refractivity contribution in [3.8, 4) is 0 Å². The van der Waals surface area contributed by atoms with Crippen molar-refractivity contribution in [3.63, 3.8) is 0 Å². The average molecular weight is 336 g/mol. The molecule has 2 rings (SSSR count). The van der Waals surface area contributed by atoms with Gasteiger partial charge < -0.3 is 4.57 Å². The lowest BCUT2D eigenvalue weighted by molar-refractivity contribution is -0.191. The molecule has 0 aromatic carbocycles. The van der Waals surface area contributed by atoms with Gasteiger partial charge in [-0.05, 0) is 34.8 Å². The fraction of sp³-hybridized carbons (Fsp3) is 0.600. The van der Waals surface area contributed by atoms with Crippen LogP contribution in [0, 0.1) is 5.41 Å². The molecule has 1 nitrogen and oxygen atoms in total. The quantitative estimate of drug-likeness (QED) is 0.695. The first-order chi connectivity index (χ1) is 8.07. The highest BCUT2D eigenvalue weighted by atomic mass is 79.9. The molecule has 0 N–H and O–H groups in total. The number of hydrogen-bond acceptors (Lipinski definition) is 0. The standard InChI is InChI=1S/C10H8BrF6N/c11-7-6(9(12,13)14)1-4-18(7)5-8(2-3-8)10(15,16)17/h1,4H,2-3,5H2. The van der Waals surface area contributed by atoms with Crippen LogP contribution >= 0.6 is 15.9 Å². The maximum atomic E-state index is 12.7. The Morgan fingerprint density at radius 1 is 1.17 bits per heavy atom. The Kier molecular flexibility index (Phi) is 2.99.